The van der Waals surface area contributed by atoms with Gasteiger partial charge in [0.15, 0.2) is 5.82 Å². The summed E-state index contributed by atoms with van der Waals surface area (Å²) < 4.78 is 46.8. The van der Waals surface area contributed by atoms with E-state index >= 15 is 0 Å². The third-order valence-corrected chi connectivity index (χ3v) is 4.65. The van der Waals surface area contributed by atoms with Gasteiger partial charge in [0.1, 0.15) is 11.3 Å². The van der Waals surface area contributed by atoms with Crippen LogP contribution in [0.1, 0.15) is 31.4 Å². The molecule has 1 aliphatic heterocycles. The molecule has 0 radical (unpaired) electrons. The minimum absolute atomic E-state index is 0.104. The lowest BCUT2D eigenvalue weighted by Gasteiger charge is -2.24. The first-order valence-corrected chi connectivity index (χ1v) is 7.88. The standard InChI is InChI=1S/C15H14BrF3N2O2/c1-15(22)5-7(2-3-23-6-15)12-8-4-9(17)10(16)11(18)13(8)21-14(19)20-12/h4,7,22H,2-3,5-6H2,1H3. The van der Waals surface area contributed by atoms with Crippen LogP contribution in [0.3, 0.4) is 0 Å². The van der Waals surface area contributed by atoms with Crippen molar-refractivity contribution in [3.8, 4) is 0 Å². The first kappa shape index (κ1) is 16.6. The monoisotopic (exact) mass is 390 g/mol. The Morgan fingerprint density at radius 1 is 1.35 bits per heavy atom. The van der Waals surface area contributed by atoms with Gasteiger partial charge >= 0.3 is 6.08 Å². The zero-order valence-corrected chi connectivity index (χ0v) is 13.8. The summed E-state index contributed by atoms with van der Waals surface area (Å²) in [6, 6.07) is 1.08. The highest BCUT2D eigenvalue weighted by atomic mass is 79.9. The Labute approximate surface area is 138 Å². The molecule has 23 heavy (non-hydrogen) atoms. The number of hydrogen-bond acceptors (Lipinski definition) is 4. The van der Waals surface area contributed by atoms with Crippen LogP contribution >= 0.6 is 15.9 Å². The molecule has 2 atom stereocenters. The minimum Gasteiger partial charge on any atom is -0.388 e. The van der Waals surface area contributed by atoms with Crippen molar-refractivity contribution in [3.63, 3.8) is 0 Å². The summed E-state index contributed by atoms with van der Waals surface area (Å²) in [6.07, 6.45) is -0.381. The predicted octanol–water partition coefficient (Wildman–Crippen LogP) is 3.45. The Balaban J connectivity index is 2.20. The van der Waals surface area contributed by atoms with Crippen LogP contribution in [-0.2, 0) is 4.74 Å². The fourth-order valence-corrected chi connectivity index (χ4v) is 3.22. The Morgan fingerprint density at radius 2 is 2.09 bits per heavy atom. The van der Waals surface area contributed by atoms with Gasteiger partial charge in [0.05, 0.1) is 22.4 Å². The molecule has 1 aromatic heterocycles. The summed E-state index contributed by atoms with van der Waals surface area (Å²) in [5.74, 6) is -2.19. The molecule has 3 rings (SSSR count). The summed E-state index contributed by atoms with van der Waals surface area (Å²) in [5, 5.41) is 10.4. The third-order valence-electron chi connectivity index (χ3n) is 3.93. The average Bonchev–Trinajstić information content (AvgIpc) is 2.66. The lowest BCUT2D eigenvalue weighted by Crippen LogP contribution is -2.30. The molecule has 2 heterocycles. The maximum atomic E-state index is 14.2. The molecule has 1 N–H and O–H groups in total. The van der Waals surface area contributed by atoms with Crippen LogP contribution < -0.4 is 0 Å². The normalized spacial score (nSPS) is 25.6. The lowest BCUT2D eigenvalue weighted by molar-refractivity contribution is -0.0241. The van der Waals surface area contributed by atoms with E-state index in [2.05, 4.69) is 25.9 Å². The van der Waals surface area contributed by atoms with Gasteiger partial charge in [0, 0.05) is 17.9 Å². The predicted molar refractivity (Wildman–Crippen MR) is 80.5 cm³/mol. The van der Waals surface area contributed by atoms with Gasteiger partial charge in [-0.1, -0.05) is 0 Å². The summed E-state index contributed by atoms with van der Waals surface area (Å²) in [7, 11) is 0. The van der Waals surface area contributed by atoms with Crippen molar-refractivity contribution in [2.45, 2.75) is 31.3 Å². The van der Waals surface area contributed by atoms with Gasteiger partial charge in [-0.25, -0.2) is 13.8 Å². The molecule has 1 saturated heterocycles. The molecule has 1 aliphatic rings. The van der Waals surface area contributed by atoms with Gasteiger partial charge in [-0.2, -0.15) is 9.37 Å². The highest BCUT2D eigenvalue weighted by molar-refractivity contribution is 9.10. The zero-order chi connectivity index (χ0) is 16.8. The van der Waals surface area contributed by atoms with E-state index in [1.807, 2.05) is 0 Å². The maximum absolute atomic E-state index is 14.2. The second-order valence-corrected chi connectivity index (χ2v) is 6.79. The van der Waals surface area contributed by atoms with E-state index in [0.29, 0.717) is 13.0 Å². The third kappa shape index (κ3) is 3.20. The van der Waals surface area contributed by atoms with Crippen molar-refractivity contribution < 1.29 is 23.0 Å². The molecule has 2 unspecified atom stereocenters. The highest BCUT2D eigenvalue weighted by Gasteiger charge is 2.32. The number of rotatable bonds is 1. The van der Waals surface area contributed by atoms with Crippen LogP contribution in [0.5, 0.6) is 0 Å². The topological polar surface area (TPSA) is 55.2 Å². The molecule has 0 spiro atoms. The summed E-state index contributed by atoms with van der Waals surface area (Å²) in [4.78, 5) is 7.20. The van der Waals surface area contributed by atoms with Crippen molar-refractivity contribution in [1.82, 2.24) is 9.97 Å². The van der Waals surface area contributed by atoms with Gasteiger partial charge in [-0.05, 0) is 41.8 Å². The van der Waals surface area contributed by atoms with E-state index in [1.165, 1.54) is 0 Å². The van der Waals surface area contributed by atoms with Gasteiger partial charge in [0.2, 0.25) is 0 Å². The molecule has 2 aromatic rings. The van der Waals surface area contributed by atoms with Gasteiger partial charge in [0.25, 0.3) is 0 Å². The van der Waals surface area contributed by atoms with Crippen LogP contribution in [0.4, 0.5) is 13.2 Å². The van der Waals surface area contributed by atoms with Gasteiger partial charge in [-0.3, -0.25) is 0 Å². The molecule has 0 saturated carbocycles. The van der Waals surface area contributed by atoms with Crippen LogP contribution in [0, 0.1) is 17.7 Å². The van der Waals surface area contributed by atoms with E-state index in [4.69, 9.17) is 4.74 Å². The summed E-state index contributed by atoms with van der Waals surface area (Å²) in [6.45, 7) is 2.08. The zero-order valence-electron chi connectivity index (χ0n) is 12.2. The van der Waals surface area contributed by atoms with Gasteiger partial charge < -0.3 is 9.84 Å². The van der Waals surface area contributed by atoms with Crippen LogP contribution in [-0.4, -0.2) is 33.9 Å². The van der Waals surface area contributed by atoms with Crippen LogP contribution in [0.15, 0.2) is 10.5 Å². The van der Waals surface area contributed by atoms with Crippen molar-refractivity contribution >= 4 is 26.8 Å². The first-order chi connectivity index (χ1) is 10.8. The molecule has 0 amide bonds. The fourth-order valence-electron chi connectivity index (χ4n) is 2.92. The number of benzene rings is 1. The fraction of sp³-hybridized carbons (Fsp3) is 0.467. The first-order valence-electron chi connectivity index (χ1n) is 7.09. The molecule has 124 valence electrons. The molecule has 0 aliphatic carbocycles. The number of hydrogen-bond donors (Lipinski definition) is 1. The van der Waals surface area contributed by atoms with Crippen LogP contribution in [0.2, 0.25) is 0 Å². The second-order valence-electron chi connectivity index (χ2n) is 6.00. The quantitative estimate of drug-likeness (QED) is 0.598. The Hall–Kier alpha value is -1.25. The van der Waals surface area contributed by atoms with E-state index in [-0.39, 0.29) is 29.6 Å². The van der Waals surface area contributed by atoms with E-state index in [1.54, 1.807) is 6.92 Å². The smallest absolute Gasteiger partial charge is 0.309 e. The number of ether oxygens (including phenoxy) is 1. The largest absolute Gasteiger partial charge is 0.388 e. The van der Waals surface area contributed by atoms with Crippen molar-refractivity contribution in [2.24, 2.45) is 0 Å². The van der Waals surface area contributed by atoms with Crippen LogP contribution in [0.25, 0.3) is 10.9 Å². The molecule has 1 aromatic carbocycles. The molecule has 0 bridgehead atoms. The highest BCUT2D eigenvalue weighted by Crippen LogP contribution is 2.36. The molecular weight excluding hydrogens is 377 g/mol. The number of halogens is 4. The molecule has 4 nitrogen and oxygen atoms in total. The number of aromatic nitrogens is 2. The Kier molecular flexibility index (Phi) is 4.33. The average molecular weight is 391 g/mol. The lowest BCUT2D eigenvalue weighted by atomic mass is 9.87. The molecule has 1 fully saturated rings. The van der Waals surface area contributed by atoms with E-state index in [9.17, 15) is 18.3 Å². The van der Waals surface area contributed by atoms with Crippen molar-refractivity contribution in [3.05, 3.63) is 33.9 Å². The van der Waals surface area contributed by atoms with E-state index in [0.717, 1.165) is 6.07 Å². The molecular formula is C15H14BrF3N2O2. The van der Waals surface area contributed by atoms with E-state index < -0.39 is 33.7 Å². The van der Waals surface area contributed by atoms with Crippen molar-refractivity contribution in [1.29, 1.82) is 0 Å². The minimum atomic E-state index is -1.12. The second kappa shape index (κ2) is 5.99. The Bertz CT molecular complexity index is 770. The van der Waals surface area contributed by atoms with Crippen molar-refractivity contribution in [2.75, 3.05) is 13.2 Å². The maximum Gasteiger partial charge on any atom is 0.309 e. The number of aliphatic hydroxyl groups is 1. The van der Waals surface area contributed by atoms with Gasteiger partial charge in [-0.15, -0.1) is 0 Å². The summed E-state index contributed by atoms with van der Waals surface area (Å²) in [5.41, 5.74) is -1.23. The summed E-state index contributed by atoms with van der Waals surface area (Å²) >= 11 is 2.78. The number of fused-ring (bicyclic) bond motifs is 1. The number of nitrogens with zero attached hydrogens (tertiary/aromatic N) is 2. The Morgan fingerprint density at radius 3 is 2.83 bits per heavy atom. The SMILES string of the molecule is CC1(O)COCCC(c2nc(F)nc3c(F)c(Br)c(F)cc23)C1. The molecule has 8 heteroatoms.